The fraction of sp³-hybridized carbons (Fsp3) is 0.429. The highest BCUT2D eigenvalue weighted by molar-refractivity contribution is 5.73. The monoisotopic (exact) mass is 353 g/mol. The molecule has 5 nitrogen and oxygen atoms in total. The first-order valence-corrected chi connectivity index (χ1v) is 9.19. The number of hydrogen-bond acceptors (Lipinski definition) is 4. The van der Waals surface area contributed by atoms with Gasteiger partial charge in [-0.1, -0.05) is 18.2 Å². The van der Waals surface area contributed by atoms with Crippen molar-refractivity contribution in [2.24, 2.45) is 5.92 Å². The molecule has 2 aromatic rings. The van der Waals surface area contributed by atoms with E-state index in [1.54, 1.807) is 20.2 Å². The maximum absolute atomic E-state index is 11.7. The normalized spacial score (nSPS) is 16.8. The van der Waals surface area contributed by atoms with E-state index in [-0.39, 0.29) is 11.9 Å². The van der Waals surface area contributed by atoms with Crippen LogP contribution in [0.5, 0.6) is 5.75 Å². The molecular weight excluding hydrogens is 326 g/mol. The van der Waals surface area contributed by atoms with Crippen molar-refractivity contribution in [2.45, 2.75) is 32.4 Å². The molecule has 1 saturated heterocycles. The molecule has 1 aliphatic rings. The Bertz CT molecular complexity index is 712. The Balaban J connectivity index is 1.61. The summed E-state index contributed by atoms with van der Waals surface area (Å²) in [5.74, 6) is 1.31. The van der Waals surface area contributed by atoms with Crippen LogP contribution in [0, 0.1) is 5.92 Å². The molecule has 1 atom stereocenters. The molecule has 1 aliphatic heterocycles. The lowest BCUT2D eigenvalue weighted by molar-refractivity contribution is -0.120. The smallest absolute Gasteiger partial charge is 0.217 e. The molecule has 1 unspecified atom stereocenters. The number of benzene rings is 1. The van der Waals surface area contributed by atoms with Crippen molar-refractivity contribution < 1.29 is 9.53 Å². The molecule has 0 aliphatic carbocycles. The van der Waals surface area contributed by atoms with Gasteiger partial charge in [0, 0.05) is 19.7 Å². The van der Waals surface area contributed by atoms with Gasteiger partial charge in [0.15, 0.2) is 0 Å². The number of aromatic nitrogens is 1. The van der Waals surface area contributed by atoms with Gasteiger partial charge in [-0.25, -0.2) is 0 Å². The topological polar surface area (TPSA) is 54.5 Å². The molecule has 0 bridgehead atoms. The van der Waals surface area contributed by atoms with E-state index in [0.717, 1.165) is 43.9 Å². The van der Waals surface area contributed by atoms with E-state index < -0.39 is 0 Å². The first-order valence-electron chi connectivity index (χ1n) is 9.19. The summed E-state index contributed by atoms with van der Waals surface area (Å²) in [6.07, 6.45) is 3.89. The van der Waals surface area contributed by atoms with E-state index in [1.807, 2.05) is 30.3 Å². The van der Waals surface area contributed by atoms with Gasteiger partial charge in [-0.15, -0.1) is 0 Å². The molecule has 26 heavy (non-hydrogen) atoms. The third-order valence-electron chi connectivity index (χ3n) is 5.01. The summed E-state index contributed by atoms with van der Waals surface area (Å²) >= 11 is 0. The number of hydrogen-bond donors (Lipinski definition) is 1. The number of nitrogens with one attached hydrogen (secondary N) is 1. The largest absolute Gasteiger partial charge is 0.497 e. The number of carbonyl (C=O) groups excluding carboxylic acids is 1. The SMILES string of the molecule is COc1cccc(CN2CCC(C(NC(C)=O)c3ccccn3)CC2)c1. The fourth-order valence-electron chi connectivity index (χ4n) is 3.69. The van der Waals surface area contributed by atoms with Crippen LogP contribution in [-0.4, -0.2) is 36.0 Å². The first kappa shape index (κ1) is 18.4. The highest BCUT2D eigenvalue weighted by Crippen LogP contribution is 2.30. The van der Waals surface area contributed by atoms with Crippen LogP contribution in [-0.2, 0) is 11.3 Å². The minimum atomic E-state index is -0.00679. The second-order valence-electron chi connectivity index (χ2n) is 6.90. The third kappa shape index (κ3) is 4.82. The van der Waals surface area contributed by atoms with Crippen molar-refractivity contribution >= 4 is 5.91 Å². The fourth-order valence-corrected chi connectivity index (χ4v) is 3.69. The average molecular weight is 353 g/mol. The minimum Gasteiger partial charge on any atom is -0.497 e. The molecule has 1 N–H and O–H groups in total. The number of likely N-dealkylation sites (tertiary alicyclic amines) is 1. The Labute approximate surface area is 155 Å². The van der Waals surface area contributed by atoms with Gasteiger partial charge < -0.3 is 10.1 Å². The Morgan fingerprint density at radius 2 is 2.08 bits per heavy atom. The summed E-state index contributed by atoms with van der Waals surface area (Å²) in [5, 5.41) is 3.11. The summed E-state index contributed by atoms with van der Waals surface area (Å²) in [6.45, 7) is 4.54. The van der Waals surface area contributed by atoms with Gasteiger partial charge >= 0.3 is 0 Å². The van der Waals surface area contributed by atoms with Crippen molar-refractivity contribution in [1.29, 1.82) is 0 Å². The zero-order valence-electron chi connectivity index (χ0n) is 15.5. The number of methoxy groups -OCH3 is 1. The number of carbonyl (C=O) groups is 1. The summed E-state index contributed by atoms with van der Waals surface area (Å²) in [6, 6.07) is 14.1. The van der Waals surface area contributed by atoms with Crippen molar-refractivity contribution in [3.05, 3.63) is 59.9 Å². The molecule has 138 valence electrons. The van der Waals surface area contributed by atoms with Crippen LogP contribution in [0.3, 0.4) is 0 Å². The quantitative estimate of drug-likeness (QED) is 0.867. The van der Waals surface area contributed by atoms with Crippen LogP contribution in [0.15, 0.2) is 48.7 Å². The second-order valence-corrected chi connectivity index (χ2v) is 6.90. The Morgan fingerprint density at radius 1 is 1.27 bits per heavy atom. The van der Waals surface area contributed by atoms with Crippen LogP contribution in [0.1, 0.15) is 37.1 Å². The van der Waals surface area contributed by atoms with Gasteiger partial charge in [0.1, 0.15) is 5.75 Å². The molecule has 3 rings (SSSR count). The molecule has 2 heterocycles. The van der Waals surface area contributed by atoms with Crippen LogP contribution >= 0.6 is 0 Å². The van der Waals surface area contributed by atoms with Gasteiger partial charge in [-0.05, 0) is 61.7 Å². The summed E-state index contributed by atoms with van der Waals surface area (Å²) in [4.78, 5) is 18.6. The van der Waals surface area contributed by atoms with Crippen LogP contribution in [0.2, 0.25) is 0 Å². The molecule has 1 aromatic carbocycles. The lowest BCUT2D eigenvalue weighted by Gasteiger charge is -2.36. The Kier molecular flexibility index (Phi) is 6.23. The molecule has 5 heteroatoms. The van der Waals surface area contributed by atoms with Gasteiger partial charge in [0.2, 0.25) is 5.91 Å². The van der Waals surface area contributed by atoms with E-state index in [9.17, 15) is 4.79 Å². The van der Waals surface area contributed by atoms with Crippen molar-refractivity contribution in [2.75, 3.05) is 20.2 Å². The number of pyridine rings is 1. The number of rotatable bonds is 6. The zero-order chi connectivity index (χ0) is 18.4. The van der Waals surface area contributed by atoms with Gasteiger partial charge in [0.05, 0.1) is 18.8 Å². The summed E-state index contributed by atoms with van der Waals surface area (Å²) in [7, 11) is 1.70. The minimum absolute atomic E-state index is 0.000497. The van der Waals surface area contributed by atoms with Crippen LogP contribution in [0.4, 0.5) is 0 Å². The van der Waals surface area contributed by atoms with Crippen LogP contribution in [0.25, 0.3) is 0 Å². The second kappa shape index (κ2) is 8.81. The first-order chi connectivity index (χ1) is 12.7. The van der Waals surface area contributed by atoms with E-state index in [0.29, 0.717) is 5.92 Å². The molecule has 0 saturated carbocycles. The maximum Gasteiger partial charge on any atom is 0.217 e. The highest BCUT2D eigenvalue weighted by Gasteiger charge is 2.29. The van der Waals surface area contributed by atoms with Crippen molar-refractivity contribution in [1.82, 2.24) is 15.2 Å². The molecule has 1 aromatic heterocycles. The van der Waals surface area contributed by atoms with E-state index in [1.165, 1.54) is 5.56 Å². The predicted molar refractivity (Wildman–Crippen MR) is 102 cm³/mol. The standard InChI is InChI=1S/C21H27N3O2/c1-16(25)23-21(20-8-3-4-11-22-20)18-9-12-24(13-10-18)15-17-6-5-7-19(14-17)26-2/h3-8,11,14,18,21H,9-10,12-13,15H2,1-2H3,(H,23,25). The van der Waals surface area contributed by atoms with Crippen LogP contribution < -0.4 is 10.1 Å². The maximum atomic E-state index is 11.7. The lowest BCUT2D eigenvalue weighted by atomic mass is 9.87. The number of ether oxygens (including phenoxy) is 1. The molecule has 1 fully saturated rings. The van der Waals surface area contributed by atoms with Gasteiger partial charge in [-0.3, -0.25) is 14.7 Å². The molecular formula is C21H27N3O2. The van der Waals surface area contributed by atoms with Gasteiger partial charge in [-0.2, -0.15) is 0 Å². The molecule has 0 spiro atoms. The van der Waals surface area contributed by atoms with E-state index >= 15 is 0 Å². The zero-order valence-corrected chi connectivity index (χ0v) is 15.5. The molecule has 1 amide bonds. The van der Waals surface area contributed by atoms with E-state index in [2.05, 4.69) is 27.3 Å². The average Bonchev–Trinajstić information content (AvgIpc) is 2.67. The van der Waals surface area contributed by atoms with Crippen molar-refractivity contribution in [3.63, 3.8) is 0 Å². The number of piperidine rings is 1. The Hall–Kier alpha value is -2.40. The number of nitrogens with zero attached hydrogens (tertiary/aromatic N) is 2. The lowest BCUT2D eigenvalue weighted by Crippen LogP contribution is -2.40. The Morgan fingerprint density at radius 3 is 2.73 bits per heavy atom. The number of amides is 1. The molecule has 0 radical (unpaired) electrons. The summed E-state index contributed by atoms with van der Waals surface area (Å²) in [5.41, 5.74) is 2.22. The van der Waals surface area contributed by atoms with E-state index in [4.69, 9.17) is 4.74 Å². The predicted octanol–water partition coefficient (Wildman–Crippen LogP) is 3.18. The van der Waals surface area contributed by atoms with Gasteiger partial charge in [0.25, 0.3) is 0 Å². The highest BCUT2D eigenvalue weighted by atomic mass is 16.5. The third-order valence-corrected chi connectivity index (χ3v) is 5.01. The summed E-state index contributed by atoms with van der Waals surface area (Å²) < 4.78 is 5.31. The van der Waals surface area contributed by atoms with Crippen molar-refractivity contribution in [3.8, 4) is 5.75 Å².